The van der Waals surface area contributed by atoms with Gasteiger partial charge in [-0.2, -0.15) is 0 Å². The molecule has 7 heavy (non-hydrogen) atoms. The Balaban J connectivity index is 2.40. The molecule has 0 aromatic heterocycles. The molecule has 0 aromatic rings. The number of rotatable bonds is 0. The Morgan fingerprint density at radius 1 is 2.00 bits per heavy atom. The summed E-state index contributed by atoms with van der Waals surface area (Å²) in [6, 6.07) is 0. The first-order valence-electron chi connectivity index (χ1n) is 1.67. The van der Waals surface area contributed by atoms with Crippen molar-refractivity contribution in [3.63, 3.8) is 0 Å². The minimum atomic E-state index is 0.0434. The maximum Gasteiger partial charge on any atom is 0.247 e. The molecule has 3 nitrogen and oxygen atoms in total. The maximum absolute atomic E-state index is 10.2. The van der Waals surface area contributed by atoms with Gasteiger partial charge in [0.2, 0.25) is 5.91 Å². The van der Waals surface area contributed by atoms with Crippen molar-refractivity contribution in [3.8, 4) is 0 Å². The zero-order chi connectivity index (χ0) is 5.28. The molecule has 1 amide bonds. The average molecular weight is 183 g/mol. The number of nitrogens with one attached hydrogen (secondary N) is 1. The van der Waals surface area contributed by atoms with Crippen molar-refractivity contribution in [2.75, 3.05) is 5.75 Å². The monoisotopic (exact) mass is 182 g/mol. The molecule has 5 heteroatoms. The Hall–Kier alpha value is 0.260. The second kappa shape index (κ2) is 2.02. The molecule has 1 aliphatic rings. The van der Waals surface area contributed by atoms with Crippen LogP contribution in [-0.4, -0.2) is 15.1 Å². The van der Waals surface area contributed by atoms with Crippen molar-refractivity contribution in [1.82, 2.24) is 8.87 Å². The van der Waals surface area contributed by atoms with Crippen LogP contribution in [0.2, 0.25) is 0 Å². The van der Waals surface area contributed by atoms with Crippen LogP contribution in [0.5, 0.6) is 0 Å². The summed E-state index contributed by atoms with van der Waals surface area (Å²) in [7, 11) is 0. The van der Waals surface area contributed by atoms with E-state index in [9.17, 15) is 4.79 Å². The fourth-order valence-corrected chi connectivity index (χ4v) is 1.24. The first-order valence-corrected chi connectivity index (χ1v) is 3.32. The smallest absolute Gasteiger partial charge is 0.247 e. The first kappa shape index (κ1) is 5.40. The SMILES string of the molecule is O=C1CSN(Br)N1. The molecular formula is C2H3BrN2OS. The summed E-state index contributed by atoms with van der Waals surface area (Å²) in [6.07, 6.45) is 0. The summed E-state index contributed by atoms with van der Waals surface area (Å²) in [6.45, 7) is 0. The van der Waals surface area contributed by atoms with E-state index in [2.05, 4.69) is 21.6 Å². The number of hydrogen-bond donors (Lipinski definition) is 1. The van der Waals surface area contributed by atoms with Crippen LogP contribution in [0.15, 0.2) is 0 Å². The molecular weight excluding hydrogens is 180 g/mol. The molecule has 0 aromatic carbocycles. The second-order valence-electron chi connectivity index (χ2n) is 1.05. The number of carbonyl (C=O) groups excluding carboxylic acids is 1. The highest BCUT2D eigenvalue weighted by molar-refractivity contribution is 9.09. The van der Waals surface area contributed by atoms with Gasteiger partial charge in [-0.15, -0.1) is 0 Å². The molecule has 0 unspecified atom stereocenters. The van der Waals surface area contributed by atoms with Crippen molar-refractivity contribution in [2.45, 2.75) is 0 Å². The van der Waals surface area contributed by atoms with Crippen LogP contribution < -0.4 is 5.43 Å². The van der Waals surface area contributed by atoms with Crippen LogP contribution in [0.1, 0.15) is 0 Å². The molecule has 1 saturated heterocycles. The summed E-state index contributed by atoms with van der Waals surface area (Å²) in [5.74, 6) is 0.563. The second-order valence-corrected chi connectivity index (χ2v) is 3.14. The van der Waals surface area contributed by atoms with Gasteiger partial charge in [0.05, 0.1) is 5.75 Å². The Morgan fingerprint density at radius 2 is 2.71 bits per heavy atom. The molecule has 0 saturated carbocycles. The van der Waals surface area contributed by atoms with E-state index in [4.69, 9.17) is 0 Å². The van der Waals surface area contributed by atoms with E-state index in [0.717, 1.165) is 0 Å². The lowest BCUT2D eigenvalue weighted by molar-refractivity contribution is -0.119. The number of amides is 1. The van der Waals surface area contributed by atoms with E-state index in [1.807, 2.05) is 0 Å². The van der Waals surface area contributed by atoms with E-state index in [-0.39, 0.29) is 5.91 Å². The van der Waals surface area contributed by atoms with Gasteiger partial charge in [-0.05, 0) is 11.9 Å². The molecule has 0 aliphatic carbocycles. The lowest BCUT2D eigenvalue weighted by Gasteiger charge is -1.97. The van der Waals surface area contributed by atoms with E-state index in [1.165, 1.54) is 15.4 Å². The third-order valence-electron chi connectivity index (χ3n) is 0.522. The number of carbonyl (C=O) groups is 1. The molecule has 1 heterocycles. The van der Waals surface area contributed by atoms with Gasteiger partial charge in [-0.1, -0.05) is 3.44 Å². The fraction of sp³-hybridized carbons (Fsp3) is 0.500. The van der Waals surface area contributed by atoms with E-state index in [1.54, 1.807) is 0 Å². The molecule has 0 radical (unpaired) electrons. The van der Waals surface area contributed by atoms with E-state index < -0.39 is 0 Å². The predicted molar refractivity (Wildman–Crippen MR) is 31.4 cm³/mol. The zero-order valence-electron chi connectivity index (χ0n) is 3.35. The molecule has 1 rings (SSSR count). The maximum atomic E-state index is 10.2. The van der Waals surface area contributed by atoms with Gasteiger partial charge in [-0.3, -0.25) is 10.2 Å². The minimum absolute atomic E-state index is 0.0434. The van der Waals surface area contributed by atoms with Gasteiger partial charge in [0.25, 0.3) is 0 Å². The first-order chi connectivity index (χ1) is 3.29. The largest absolute Gasteiger partial charge is 0.273 e. The molecule has 1 N–H and O–H groups in total. The summed E-state index contributed by atoms with van der Waals surface area (Å²) in [4.78, 5) is 10.2. The molecule has 40 valence electrons. The highest BCUT2D eigenvalue weighted by Crippen LogP contribution is 2.16. The lowest BCUT2D eigenvalue weighted by Crippen LogP contribution is -2.21. The van der Waals surface area contributed by atoms with Gasteiger partial charge in [0, 0.05) is 16.1 Å². The number of nitrogens with zero attached hydrogens (tertiary/aromatic N) is 1. The number of halogens is 1. The van der Waals surface area contributed by atoms with Crippen molar-refractivity contribution in [3.05, 3.63) is 0 Å². The standard InChI is InChI=1S/C2H3BrN2OS/c3-5-4-2(6)1-7-5/h1H2,(H,4,6). The van der Waals surface area contributed by atoms with Gasteiger partial charge in [0.1, 0.15) is 0 Å². The highest BCUT2D eigenvalue weighted by Gasteiger charge is 2.15. The Morgan fingerprint density at radius 3 is 2.86 bits per heavy atom. The van der Waals surface area contributed by atoms with Gasteiger partial charge in [0.15, 0.2) is 0 Å². The van der Waals surface area contributed by atoms with Crippen LogP contribution >= 0.6 is 28.1 Å². The Labute approximate surface area is 53.9 Å². The zero-order valence-corrected chi connectivity index (χ0v) is 5.75. The Kier molecular flexibility index (Phi) is 1.56. The van der Waals surface area contributed by atoms with Gasteiger partial charge in [-0.25, -0.2) is 0 Å². The topological polar surface area (TPSA) is 32.3 Å². The van der Waals surface area contributed by atoms with Gasteiger partial charge >= 0.3 is 0 Å². The molecule has 0 bridgehead atoms. The number of hydrazine groups is 1. The number of hydrogen-bond acceptors (Lipinski definition) is 3. The van der Waals surface area contributed by atoms with Crippen molar-refractivity contribution in [2.24, 2.45) is 0 Å². The molecule has 0 spiro atoms. The van der Waals surface area contributed by atoms with Crippen molar-refractivity contribution < 1.29 is 4.79 Å². The summed E-state index contributed by atoms with van der Waals surface area (Å²) < 4.78 is 1.51. The quantitative estimate of drug-likeness (QED) is 0.432. The van der Waals surface area contributed by atoms with Gasteiger partial charge < -0.3 is 0 Å². The molecule has 1 aliphatic heterocycles. The third-order valence-corrected chi connectivity index (χ3v) is 2.02. The highest BCUT2D eigenvalue weighted by atomic mass is 79.9. The van der Waals surface area contributed by atoms with Crippen molar-refractivity contribution >= 4 is 34.0 Å². The molecule has 1 fully saturated rings. The Bertz CT molecular complexity index is 97.7. The summed E-state index contributed by atoms with van der Waals surface area (Å²) in [5.41, 5.74) is 2.49. The van der Waals surface area contributed by atoms with Crippen molar-refractivity contribution in [1.29, 1.82) is 0 Å². The predicted octanol–water partition coefficient (Wildman–Crippen LogP) is 0.291. The van der Waals surface area contributed by atoms with Crippen LogP contribution in [0.25, 0.3) is 0 Å². The van der Waals surface area contributed by atoms with E-state index >= 15 is 0 Å². The summed E-state index contributed by atoms with van der Waals surface area (Å²) in [5, 5.41) is 0. The normalized spacial score (nSPS) is 22.7. The third kappa shape index (κ3) is 1.32. The van der Waals surface area contributed by atoms with Crippen LogP contribution in [0.4, 0.5) is 0 Å². The summed E-state index contributed by atoms with van der Waals surface area (Å²) >= 11 is 4.44. The minimum Gasteiger partial charge on any atom is -0.273 e. The van der Waals surface area contributed by atoms with Crippen LogP contribution in [0.3, 0.4) is 0 Å². The fourth-order valence-electron chi connectivity index (χ4n) is 0.278. The van der Waals surface area contributed by atoms with E-state index in [0.29, 0.717) is 5.75 Å². The van der Waals surface area contributed by atoms with Crippen LogP contribution in [0, 0.1) is 0 Å². The average Bonchev–Trinajstić information content (AvgIpc) is 1.87. The van der Waals surface area contributed by atoms with Crippen LogP contribution in [-0.2, 0) is 4.79 Å². The molecule has 0 atom stereocenters. The lowest BCUT2D eigenvalue weighted by atomic mass is 10.8.